The SMILES string of the molecule is CNC1CCC(N(C)S(=O)(=O)c2sccc2Br)CC1. The standard InChI is InChI=1S/C12H19BrN2O2S2/c1-14-9-3-5-10(6-4-9)15(2)19(16,17)12-11(13)7-8-18-12/h7-10,14H,3-6H2,1-2H3. The van der Waals surface area contributed by atoms with Crippen LogP contribution in [0.5, 0.6) is 0 Å². The molecule has 108 valence electrons. The van der Waals surface area contributed by atoms with Gasteiger partial charge in [0.25, 0.3) is 10.0 Å². The van der Waals surface area contributed by atoms with E-state index in [0.717, 1.165) is 25.7 Å². The van der Waals surface area contributed by atoms with Gasteiger partial charge in [-0.15, -0.1) is 11.3 Å². The average Bonchev–Trinajstić information content (AvgIpc) is 2.85. The van der Waals surface area contributed by atoms with Crippen LogP contribution in [0.4, 0.5) is 0 Å². The van der Waals surface area contributed by atoms with Gasteiger partial charge in [0.05, 0.1) is 0 Å². The van der Waals surface area contributed by atoms with E-state index in [1.54, 1.807) is 22.8 Å². The van der Waals surface area contributed by atoms with Gasteiger partial charge in [0.15, 0.2) is 0 Å². The van der Waals surface area contributed by atoms with E-state index in [1.807, 2.05) is 7.05 Å². The molecule has 0 spiro atoms. The molecule has 4 nitrogen and oxygen atoms in total. The van der Waals surface area contributed by atoms with Crippen LogP contribution in [0.3, 0.4) is 0 Å². The lowest BCUT2D eigenvalue weighted by atomic mass is 9.91. The second-order valence-electron chi connectivity index (χ2n) is 4.87. The zero-order valence-electron chi connectivity index (χ0n) is 11.1. The van der Waals surface area contributed by atoms with E-state index >= 15 is 0 Å². The maximum Gasteiger partial charge on any atom is 0.253 e. The minimum absolute atomic E-state index is 0.114. The summed E-state index contributed by atoms with van der Waals surface area (Å²) in [4.78, 5) is 0. The van der Waals surface area contributed by atoms with Crippen LogP contribution in [-0.2, 0) is 10.0 Å². The van der Waals surface area contributed by atoms with Crippen LogP contribution >= 0.6 is 27.3 Å². The van der Waals surface area contributed by atoms with Gasteiger partial charge in [-0.2, -0.15) is 4.31 Å². The molecule has 0 amide bonds. The summed E-state index contributed by atoms with van der Waals surface area (Å²) in [5, 5.41) is 5.06. The van der Waals surface area contributed by atoms with Crippen molar-refractivity contribution < 1.29 is 8.42 Å². The molecular formula is C12H19BrN2O2S2. The van der Waals surface area contributed by atoms with Crippen molar-refractivity contribution in [1.29, 1.82) is 0 Å². The first-order valence-corrected chi connectivity index (χ1v) is 9.46. The van der Waals surface area contributed by atoms with Crippen molar-refractivity contribution in [1.82, 2.24) is 9.62 Å². The topological polar surface area (TPSA) is 49.4 Å². The lowest BCUT2D eigenvalue weighted by molar-refractivity contribution is 0.255. The summed E-state index contributed by atoms with van der Waals surface area (Å²) in [6.07, 6.45) is 3.91. The van der Waals surface area contributed by atoms with Gasteiger partial charge < -0.3 is 5.32 Å². The van der Waals surface area contributed by atoms with Gasteiger partial charge in [-0.3, -0.25) is 0 Å². The molecule has 1 aromatic heterocycles. The maximum absolute atomic E-state index is 12.6. The number of nitrogens with zero attached hydrogens (tertiary/aromatic N) is 1. The van der Waals surface area contributed by atoms with E-state index in [4.69, 9.17) is 0 Å². The van der Waals surface area contributed by atoms with Gasteiger partial charge in [0, 0.05) is 23.6 Å². The Morgan fingerprint density at radius 3 is 2.47 bits per heavy atom. The third kappa shape index (κ3) is 3.21. The zero-order chi connectivity index (χ0) is 14.0. The minimum atomic E-state index is -3.37. The second-order valence-corrected chi connectivity index (χ2v) is 8.83. The van der Waals surface area contributed by atoms with Gasteiger partial charge in [-0.1, -0.05) is 0 Å². The molecule has 7 heteroatoms. The molecule has 1 N–H and O–H groups in total. The molecule has 1 heterocycles. The molecule has 0 saturated heterocycles. The molecule has 1 aromatic rings. The molecule has 1 fully saturated rings. The number of sulfonamides is 1. The Bertz CT molecular complexity index is 522. The Kier molecular flexibility index (Phi) is 5.05. The number of hydrogen-bond acceptors (Lipinski definition) is 4. The van der Waals surface area contributed by atoms with Gasteiger partial charge in [-0.05, 0) is 60.1 Å². The number of halogens is 1. The Labute approximate surface area is 127 Å². The molecule has 1 saturated carbocycles. The molecule has 0 radical (unpaired) electrons. The average molecular weight is 367 g/mol. The van der Waals surface area contributed by atoms with Crippen LogP contribution in [0.15, 0.2) is 20.1 Å². The molecule has 0 unspecified atom stereocenters. The highest BCUT2D eigenvalue weighted by Gasteiger charge is 2.32. The third-order valence-corrected chi connectivity index (χ3v) is 8.37. The predicted molar refractivity (Wildman–Crippen MR) is 82.1 cm³/mol. The highest BCUT2D eigenvalue weighted by Crippen LogP contribution is 2.33. The van der Waals surface area contributed by atoms with Gasteiger partial charge in [0.2, 0.25) is 0 Å². The van der Waals surface area contributed by atoms with Gasteiger partial charge in [-0.25, -0.2) is 8.42 Å². The molecule has 19 heavy (non-hydrogen) atoms. The highest BCUT2D eigenvalue weighted by atomic mass is 79.9. The molecule has 2 rings (SSSR count). The van der Waals surface area contributed by atoms with Crippen molar-refractivity contribution in [2.45, 2.75) is 42.0 Å². The molecular weight excluding hydrogens is 348 g/mol. The smallest absolute Gasteiger partial charge is 0.253 e. The summed E-state index contributed by atoms with van der Waals surface area (Å²) in [5.74, 6) is 0. The number of hydrogen-bond donors (Lipinski definition) is 1. The number of thiophene rings is 1. The van der Waals surface area contributed by atoms with Crippen LogP contribution in [0.1, 0.15) is 25.7 Å². The maximum atomic E-state index is 12.6. The molecule has 1 aliphatic carbocycles. The summed E-state index contributed by atoms with van der Waals surface area (Å²) in [5.41, 5.74) is 0. The largest absolute Gasteiger partial charge is 0.317 e. The molecule has 0 aliphatic heterocycles. The van der Waals surface area contributed by atoms with Crippen molar-refractivity contribution in [2.75, 3.05) is 14.1 Å². The van der Waals surface area contributed by atoms with Crippen LogP contribution < -0.4 is 5.32 Å². The summed E-state index contributed by atoms with van der Waals surface area (Å²) < 4.78 is 27.7. The first kappa shape index (κ1) is 15.4. The fraction of sp³-hybridized carbons (Fsp3) is 0.667. The molecule has 1 aliphatic rings. The zero-order valence-corrected chi connectivity index (χ0v) is 14.3. The Morgan fingerprint density at radius 1 is 1.37 bits per heavy atom. The summed E-state index contributed by atoms with van der Waals surface area (Å²) in [6, 6.07) is 2.42. The first-order valence-electron chi connectivity index (χ1n) is 6.35. The Morgan fingerprint density at radius 2 is 2.00 bits per heavy atom. The van der Waals surface area contributed by atoms with Crippen molar-refractivity contribution in [3.63, 3.8) is 0 Å². The predicted octanol–water partition coefficient (Wildman–Crippen LogP) is 2.66. The van der Waals surface area contributed by atoms with Crippen LogP contribution in [0.2, 0.25) is 0 Å². The molecule has 0 atom stereocenters. The summed E-state index contributed by atoms with van der Waals surface area (Å²) in [6.45, 7) is 0. The van der Waals surface area contributed by atoms with Crippen molar-refractivity contribution in [3.05, 3.63) is 15.9 Å². The Hall–Kier alpha value is 0.0500. The van der Waals surface area contributed by atoms with Crippen LogP contribution in [0, 0.1) is 0 Å². The van der Waals surface area contributed by atoms with Crippen LogP contribution in [0.25, 0.3) is 0 Å². The molecule has 0 bridgehead atoms. The highest BCUT2D eigenvalue weighted by molar-refractivity contribution is 9.10. The fourth-order valence-electron chi connectivity index (χ4n) is 2.52. The van der Waals surface area contributed by atoms with Crippen molar-refractivity contribution >= 4 is 37.3 Å². The van der Waals surface area contributed by atoms with E-state index in [0.29, 0.717) is 14.7 Å². The van der Waals surface area contributed by atoms with E-state index in [9.17, 15) is 8.42 Å². The lowest BCUT2D eigenvalue weighted by Crippen LogP contribution is -2.42. The van der Waals surface area contributed by atoms with Crippen molar-refractivity contribution in [2.24, 2.45) is 0 Å². The number of nitrogens with one attached hydrogen (secondary N) is 1. The second kappa shape index (κ2) is 6.22. The Balaban J connectivity index is 2.12. The van der Waals surface area contributed by atoms with Crippen molar-refractivity contribution in [3.8, 4) is 0 Å². The monoisotopic (exact) mass is 366 g/mol. The quantitative estimate of drug-likeness (QED) is 0.890. The normalized spacial score (nSPS) is 24.8. The lowest BCUT2D eigenvalue weighted by Gasteiger charge is -2.33. The summed E-state index contributed by atoms with van der Waals surface area (Å²) in [7, 11) is 0.301. The summed E-state index contributed by atoms with van der Waals surface area (Å²) >= 11 is 4.57. The van der Waals surface area contributed by atoms with Gasteiger partial charge in [0.1, 0.15) is 4.21 Å². The molecule has 0 aromatic carbocycles. The van der Waals surface area contributed by atoms with E-state index in [1.165, 1.54) is 11.3 Å². The first-order chi connectivity index (χ1) is 8.96. The fourth-order valence-corrected chi connectivity index (χ4v) is 6.41. The van der Waals surface area contributed by atoms with E-state index in [-0.39, 0.29) is 6.04 Å². The van der Waals surface area contributed by atoms with E-state index in [2.05, 4.69) is 21.2 Å². The van der Waals surface area contributed by atoms with E-state index < -0.39 is 10.0 Å². The van der Waals surface area contributed by atoms with Gasteiger partial charge >= 0.3 is 0 Å². The number of rotatable bonds is 4. The third-order valence-electron chi connectivity index (χ3n) is 3.82. The van der Waals surface area contributed by atoms with Crippen LogP contribution in [-0.4, -0.2) is 38.9 Å². The minimum Gasteiger partial charge on any atom is -0.317 e.